The van der Waals surface area contributed by atoms with Gasteiger partial charge < -0.3 is 4.74 Å². The van der Waals surface area contributed by atoms with Crippen LogP contribution in [0, 0.1) is 0 Å². The molecular weight excluding hydrogens is 312 g/mol. The SMILES string of the molecule is CC(C)Oc1ccc(/C=N/NC(=O)CSc2ncccn2)cc1. The minimum absolute atomic E-state index is 0.139. The summed E-state index contributed by atoms with van der Waals surface area (Å²) in [6.45, 7) is 3.95. The number of carbonyl (C=O) groups is 1. The average molecular weight is 330 g/mol. The molecule has 0 aliphatic rings. The van der Waals surface area contributed by atoms with Gasteiger partial charge in [-0.05, 0) is 49.7 Å². The van der Waals surface area contributed by atoms with Gasteiger partial charge >= 0.3 is 0 Å². The van der Waals surface area contributed by atoms with E-state index in [0.717, 1.165) is 11.3 Å². The quantitative estimate of drug-likeness (QED) is 0.365. The van der Waals surface area contributed by atoms with Crippen molar-refractivity contribution in [3.63, 3.8) is 0 Å². The van der Waals surface area contributed by atoms with Gasteiger partial charge in [0.05, 0.1) is 18.1 Å². The first-order valence-electron chi connectivity index (χ1n) is 7.12. The standard InChI is InChI=1S/C16H18N4O2S/c1-12(2)22-14-6-4-13(5-7-14)10-19-20-15(21)11-23-16-17-8-3-9-18-16/h3-10,12H,11H2,1-2H3,(H,20,21)/b19-10+. The maximum Gasteiger partial charge on any atom is 0.250 e. The Morgan fingerprint density at radius 3 is 2.65 bits per heavy atom. The molecule has 120 valence electrons. The molecule has 0 bridgehead atoms. The number of nitrogens with zero attached hydrogens (tertiary/aromatic N) is 3. The van der Waals surface area contributed by atoms with Crippen LogP contribution in [0.3, 0.4) is 0 Å². The van der Waals surface area contributed by atoms with E-state index in [0.29, 0.717) is 5.16 Å². The number of rotatable bonds is 7. The van der Waals surface area contributed by atoms with Gasteiger partial charge in [0.15, 0.2) is 5.16 Å². The molecule has 7 heteroatoms. The number of hydrogen-bond acceptors (Lipinski definition) is 6. The Kier molecular flexibility index (Phi) is 6.56. The van der Waals surface area contributed by atoms with Crippen LogP contribution in [0.2, 0.25) is 0 Å². The van der Waals surface area contributed by atoms with Crippen molar-refractivity contribution in [3.8, 4) is 5.75 Å². The second-order valence-corrected chi connectivity index (χ2v) is 5.79. The second-order valence-electron chi connectivity index (χ2n) is 4.85. The van der Waals surface area contributed by atoms with Crippen LogP contribution in [0.15, 0.2) is 53.0 Å². The van der Waals surface area contributed by atoms with E-state index in [9.17, 15) is 4.79 Å². The molecule has 0 aliphatic carbocycles. The molecule has 1 N–H and O–H groups in total. The average Bonchev–Trinajstić information content (AvgIpc) is 2.55. The maximum atomic E-state index is 11.7. The zero-order valence-corrected chi connectivity index (χ0v) is 13.8. The number of aromatic nitrogens is 2. The van der Waals surface area contributed by atoms with E-state index in [-0.39, 0.29) is 17.8 Å². The fraction of sp³-hybridized carbons (Fsp3) is 0.250. The molecule has 2 aromatic rings. The third-order valence-corrected chi connectivity index (χ3v) is 3.40. The van der Waals surface area contributed by atoms with Gasteiger partial charge in [-0.1, -0.05) is 11.8 Å². The Labute approximate surface area is 139 Å². The normalized spacial score (nSPS) is 10.9. The van der Waals surface area contributed by atoms with Gasteiger partial charge in [-0.25, -0.2) is 15.4 Å². The molecule has 0 fully saturated rings. The van der Waals surface area contributed by atoms with Gasteiger partial charge in [-0.15, -0.1) is 0 Å². The van der Waals surface area contributed by atoms with E-state index in [2.05, 4.69) is 20.5 Å². The van der Waals surface area contributed by atoms with Crippen molar-refractivity contribution in [1.29, 1.82) is 0 Å². The fourth-order valence-corrected chi connectivity index (χ4v) is 2.20. The van der Waals surface area contributed by atoms with Gasteiger partial charge in [-0.3, -0.25) is 4.79 Å². The monoisotopic (exact) mass is 330 g/mol. The highest BCUT2D eigenvalue weighted by Crippen LogP contribution is 2.13. The molecular formula is C16H18N4O2S. The lowest BCUT2D eigenvalue weighted by molar-refractivity contribution is -0.118. The summed E-state index contributed by atoms with van der Waals surface area (Å²) < 4.78 is 5.56. The smallest absolute Gasteiger partial charge is 0.250 e. The number of ether oxygens (including phenoxy) is 1. The number of hydrazone groups is 1. The van der Waals surface area contributed by atoms with Crippen molar-refractivity contribution in [1.82, 2.24) is 15.4 Å². The lowest BCUT2D eigenvalue weighted by Gasteiger charge is -2.09. The molecule has 0 saturated carbocycles. The number of benzene rings is 1. The van der Waals surface area contributed by atoms with E-state index in [4.69, 9.17) is 4.74 Å². The van der Waals surface area contributed by atoms with Crippen molar-refractivity contribution >= 4 is 23.9 Å². The van der Waals surface area contributed by atoms with Crippen LogP contribution < -0.4 is 10.2 Å². The van der Waals surface area contributed by atoms with E-state index in [1.807, 2.05) is 38.1 Å². The lowest BCUT2D eigenvalue weighted by atomic mass is 10.2. The van der Waals surface area contributed by atoms with Crippen LogP contribution >= 0.6 is 11.8 Å². The van der Waals surface area contributed by atoms with Crippen molar-refractivity contribution in [2.75, 3.05) is 5.75 Å². The summed E-state index contributed by atoms with van der Waals surface area (Å²) in [4.78, 5) is 19.7. The van der Waals surface area contributed by atoms with E-state index in [1.165, 1.54) is 11.8 Å². The topological polar surface area (TPSA) is 76.5 Å². The molecule has 0 radical (unpaired) electrons. The zero-order valence-electron chi connectivity index (χ0n) is 13.0. The lowest BCUT2D eigenvalue weighted by Crippen LogP contribution is -2.19. The van der Waals surface area contributed by atoms with Gasteiger partial charge in [0.1, 0.15) is 5.75 Å². The Morgan fingerprint density at radius 1 is 1.30 bits per heavy atom. The van der Waals surface area contributed by atoms with Crippen LogP contribution in [0.4, 0.5) is 0 Å². The molecule has 2 rings (SSSR count). The van der Waals surface area contributed by atoms with Gasteiger partial charge in [0, 0.05) is 12.4 Å². The molecule has 0 spiro atoms. The van der Waals surface area contributed by atoms with Gasteiger partial charge in [0.2, 0.25) is 0 Å². The van der Waals surface area contributed by atoms with Crippen molar-refractivity contribution in [3.05, 3.63) is 48.3 Å². The van der Waals surface area contributed by atoms with Gasteiger partial charge in [0.25, 0.3) is 5.91 Å². The third-order valence-electron chi connectivity index (χ3n) is 2.53. The maximum absolute atomic E-state index is 11.7. The summed E-state index contributed by atoms with van der Waals surface area (Å²) in [7, 11) is 0. The molecule has 6 nitrogen and oxygen atoms in total. The van der Waals surface area contributed by atoms with E-state index < -0.39 is 0 Å². The predicted molar refractivity (Wildman–Crippen MR) is 90.7 cm³/mol. The Hall–Kier alpha value is -2.41. The number of nitrogens with one attached hydrogen (secondary N) is 1. The first kappa shape index (κ1) is 17.0. The second kappa shape index (κ2) is 8.89. The largest absolute Gasteiger partial charge is 0.491 e. The molecule has 0 saturated heterocycles. The molecule has 1 heterocycles. The van der Waals surface area contributed by atoms with E-state index >= 15 is 0 Å². The molecule has 1 aromatic heterocycles. The minimum atomic E-state index is -0.210. The Bertz CT molecular complexity index is 645. The summed E-state index contributed by atoms with van der Waals surface area (Å²) in [5.74, 6) is 0.807. The van der Waals surface area contributed by atoms with Gasteiger partial charge in [-0.2, -0.15) is 5.10 Å². The number of thioether (sulfide) groups is 1. The zero-order chi connectivity index (χ0) is 16.5. The molecule has 23 heavy (non-hydrogen) atoms. The highest BCUT2D eigenvalue weighted by atomic mass is 32.2. The number of amides is 1. The molecule has 1 amide bonds. The highest BCUT2D eigenvalue weighted by Gasteiger charge is 2.03. The van der Waals surface area contributed by atoms with Crippen LogP contribution in [-0.4, -0.2) is 33.9 Å². The highest BCUT2D eigenvalue weighted by molar-refractivity contribution is 7.99. The summed E-state index contributed by atoms with van der Waals surface area (Å²) in [5, 5.41) is 4.49. The summed E-state index contributed by atoms with van der Waals surface area (Å²) in [6.07, 6.45) is 5.00. The predicted octanol–water partition coefficient (Wildman–Crippen LogP) is 2.51. The Balaban J connectivity index is 1.76. The fourth-order valence-electron chi connectivity index (χ4n) is 1.61. The van der Waals surface area contributed by atoms with Crippen molar-refractivity contribution in [2.24, 2.45) is 5.10 Å². The molecule has 1 aromatic carbocycles. The van der Waals surface area contributed by atoms with Crippen LogP contribution in [0.5, 0.6) is 5.75 Å². The van der Waals surface area contributed by atoms with Crippen LogP contribution in [-0.2, 0) is 4.79 Å². The summed E-state index contributed by atoms with van der Waals surface area (Å²) in [5.41, 5.74) is 3.35. The first-order chi connectivity index (χ1) is 11.1. The summed E-state index contributed by atoms with van der Waals surface area (Å²) >= 11 is 1.26. The van der Waals surface area contributed by atoms with Crippen molar-refractivity contribution in [2.45, 2.75) is 25.1 Å². The first-order valence-corrected chi connectivity index (χ1v) is 8.10. The van der Waals surface area contributed by atoms with Crippen LogP contribution in [0.25, 0.3) is 0 Å². The third kappa shape index (κ3) is 6.48. The number of carbonyl (C=O) groups excluding carboxylic acids is 1. The summed E-state index contributed by atoms with van der Waals surface area (Å²) in [6, 6.07) is 9.21. The molecule has 0 aliphatic heterocycles. The Morgan fingerprint density at radius 2 is 2.00 bits per heavy atom. The van der Waals surface area contributed by atoms with Crippen molar-refractivity contribution < 1.29 is 9.53 Å². The number of hydrogen-bond donors (Lipinski definition) is 1. The van der Waals surface area contributed by atoms with E-state index in [1.54, 1.807) is 24.7 Å². The molecule has 0 unspecified atom stereocenters. The van der Waals surface area contributed by atoms with Crippen LogP contribution in [0.1, 0.15) is 19.4 Å². The molecule has 0 atom stereocenters. The minimum Gasteiger partial charge on any atom is -0.491 e.